The number of nitrogens with two attached hydrogens (primary N) is 1. The van der Waals surface area contributed by atoms with Gasteiger partial charge < -0.3 is 5.73 Å². The van der Waals surface area contributed by atoms with Gasteiger partial charge in [-0.2, -0.15) is 0 Å². The Morgan fingerprint density at radius 1 is 1.00 bits per heavy atom. The van der Waals surface area contributed by atoms with Crippen molar-refractivity contribution in [2.45, 2.75) is 89.1 Å². The fourth-order valence-corrected chi connectivity index (χ4v) is 5.62. The Labute approximate surface area is 125 Å². The second-order valence-corrected chi connectivity index (χ2v) is 7.65. The lowest BCUT2D eigenvalue weighted by Gasteiger charge is -2.49. The van der Waals surface area contributed by atoms with E-state index in [9.17, 15) is 0 Å². The maximum absolute atomic E-state index is 6.99. The Balaban J connectivity index is 1.79. The van der Waals surface area contributed by atoms with E-state index in [-0.39, 0.29) is 0 Å². The second-order valence-electron chi connectivity index (χ2n) is 7.65. The maximum atomic E-state index is 6.99. The minimum atomic E-state index is 0.381. The topological polar surface area (TPSA) is 29.3 Å². The summed E-state index contributed by atoms with van der Waals surface area (Å²) >= 11 is 0. The zero-order chi connectivity index (χ0) is 14.0. The molecule has 3 rings (SSSR count). The highest BCUT2D eigenvalue weighted by Crippen LogP contribution is 2.45. The van der Waals surface area contributed by atoms with Gasteiger partial charge in [-0.25, -0.2) is 0 Å². The molecule has 2 nitrogen and oxygen atoms in total. The van der Waals surface area contributed by atoms with Gasteiger partial charge in [-0.05, 0) is 57.0 Å². The van der Waals surface area contributed by atoms with Crippen LogP contribution in [0.1, 0.15) is 77.6 Å². The molecule has 0 aromatic heterocycles. The van der Waals surface area contributed by atoms with E-state index >= 15 is 0 Å². The summed E-state index contributed by atoms with van der Waals surface area (Å²) in [6.45, 7) is 5.02. The van der Waals surface area contributed by atoms with Gasteiger partial charge in [0.05, 0.1) is 0 Å². The van der Waals surface area contributed by atoms with Crippen LogP contribution in [0.5, 0.6) is 0 Å². The maximum Gasteiger partial charge on any atom is 0.0363 e. The van der Waals surface area contributed by atoms with Crippen LogP contribution in [0.25, 0.3) is 0 Å². The highest BCUT2D eigenvalue weighted by atomic mass is 15.2. The molecule has 1 saturated heterocycles. The fraction of sp³-hybridized carbons (Fsp3) is 1.00. The van der Waals surface area contributed by atoms with E-state index in [1.165, 1.54) is 83.7 Å². The van der Waals surface area contributed by atoms with Gasteiger partial charge in [0, 0.05) is 11.6 Å². The number of rotatable bonds is 4. The van der Waals surface area contributed by atoms with Crippen LogP contribution in [0.4, 0.5) is 0 Å². The predicted octanol–water partition coefficient (Wildman–Crippen LogP) is 3.94. The first-order valence-electron chi connectivity index (χ1n) is 9.28. The molecule has 3 unspecified atom stereocenters. The minimum Gasteiger partial charge on any atom is -0.326 e. The van der Waals surface area contributed by atoms with E-state index < -0.39 is 0 Å². The van der Waals surface area contributed by atoms with Crippen LogP contribution in [-0.4, -0.2) is 29.6 Å². The highest BCUT2D eigenvalue weighted by Gasteiger charge is 2.48. The van der Waals surface area contributed by atoms with Crippen molar-refractivity contribution in [2.24, 2.45) is 17.6 Å². The number of hydrogen-bond acceptors (Lipinski definition) is 2. The van der Waals surface area contributed by atoms with Gasteiger partial charge in [-0.3, -0.25) is 4.90 Å². The summed E-state index contributed by atoms with van der Waals surface area (Å²) in [4.78, 5) is 2.81. The highest BCUT2D eigenvalue weighted by molar-refractivity contribution is 5.06. The summed E-state index contributed by atoms with van der Waals surface area (Å²) in [6.07, 6.45) is 15.4. The van der Waals surface area contributed by atoms with Crippen molar-refractivity contribution in [1.82, 2.24) is 4.90 Å². The Hall–Kier alpha value is -0.0800. The molecule has 3 aliphatic rings. The molecule has 0 radical (unpaired) electrons. The summed E-state index contributed by atoms with van der Waals surface area (Å²) in [5.41, 5.74) is 7.37. The van der Waals surface area contributed by atoms with Gasteiger partial charge >= 0.3 is 0 Å². The van der Waals surface area contributed by atoms with Gasteiger partial charge in [0.15, 0.2) is 0 Å². The molecule has 2 aliphatic carbocycles. The van der Waals surface area contributed by atoms with Crippen LogP contribution >= 0.6 is 0 Å². The van der Waals surface area contributed by atoms with Gasteiger partial charge in [-0.1, -0.05) is 45.4 Å². The predicted molar refractivity (Wildman–Crippen MR) is 85.7 cm³/mol. The fourth-order valence-electron chi connectivity index (χ4n) is 5.62. The molecule has 0 amide bonds. The molecular formula is C18H34N2. The van der Waals surface area contributed by atoms with Gasteiger partial charge in [0.2, 0.25) is 0 Å². The average Bonchev–Trinajstić information content (AvgIpc) is 3.17. The molecular weight excluding hydrogens is 244 g/mol. The summed E-state index contributed by atoms with van der Waals surface area (Å²) in [7, 11) is 0. The van der Waals surface area contributed by atoms with E-state index in [0.29, 0.717) is 11.6 Å². The molecule has 1 aliphatic heterocycles. The van der Waals surface area contributed by atoms with E-state index in [0.717, 1.165) is 11.8 Å². The van der Waals surface area contributed by atoms with Gasteiger partial charge in [0.25, 0.3) is 0 Å². The van der Waals surface area contributed by atoms with Gasteiger partial charge in [-0.15, -0.1) is 0 Å². The van der Waals surface area contributed by atoms with E-state index in [2.05, 4.69) is 11.8 Å². The van der Waals surface area contributed by atoms with Crippen molar-refractivity contribution in [3.63, 3.8) is 0 Å². The van der Waals surface area contributed by atoms with Crippen LogP contribution in [0.3, 0.4) is 0 Å². The molecule has 3 atom stereocenters. The number of nitrogens with zero attached hydrogens (tertiary/aromatic N) is 1. The first-order chi connectivity index (χ1) is 9.78. The standard InChI is InChI=1S/C18H34N2/c1-2-15-9-3-4-10-16(15)17(19)18(11-5-6-12-18)20-13-7-8-14-20/h15-17H,2-14,19H2,1H3. The molecule has 2 saturated carbocycles. The van der Waals surface area contributed by atoms with Crippen LogP contribution in [-0.2, 0) is 0 Å². The largest absolute Gasteiger partial charge is 0.326 e. The third-order valence-corrected chi connectivity index (χ3v) is 6.78. The third-order valence-electron chi connectivity index (χ3n) is 6.78. The Bertz CT molecular complexity index is 303. The van der Waals surface area contributed by atoms with E-state index in [1.54, 1.807) is 0 Å². The first kappa shape index (κ1) is 14.8. The molecule has 0 aromatic rings. The van der Waals surface area contributed by atoms with Crippen molar-refractivity contribution in [2.75, 3.05) is 13.1 Å². The molecule has 0 spiro atoms. The SMILES string of the molecule is CCC1CCCCC1C(N)C1(N2CCCC2)CCCC1. The zero-order valence-corrected chi connectivity index (χ0v) is 13.4. The lowest BCUT2D eigenvalue weighted by Crippen LogP contribution is -2.61. The normalized spacial score (nSPS) is 36.3. The minimum absolute atomic E-state index is 0.381. The monoisotopic (exact) mass is 278 g/mol. The van der Waals surface area contributed by atoms with Crippen molar-refractivity contribution in [3.05, 3.63) is 0 Å². The molecule has 3 fully saturated rings. The Morgan fingerprint density at radius 2 is 1.65 bits per heavy atom. The zero-order valence-electron chi connectivity index (χ0n) is 13.4. The van der Waals surface area contributed by atoms with Crippen LogP contribution in [0.15, 0.2) is 0 Å². The summed E-state index contributed by atoms with van der Waals surface area (Å²) in [5, 5.41) is 0. The van der Waals surface area contributed by atoms with Crippen molar-refractivity contribution in [3.8, 4) is 0 Å². The van der Waals surface area contributed by atoms with Crippen molar-refractivity contribution < 1.29 is 0 Å². The lowest BCUT2D eigenvalue weighted by molar-refractivity contribution is 0.0391. The van der Waals surface area contributed by atoms with Crippen molar-refractivity contribution >= 4 is 0 Å². The second kappa shape index (κ2) is 6.36. The van der Waals surface area contributed by atoms with Crippen LogP contribution < -0.4 is 5.73 Å². The molecule has 2 N–H and O–H groups in total. The molecule has 0 aromatic carbocycles. The quantitative estimate of drug-likeness (QED) is 0.844. The average molecular weight is 278 g/mol. The summed E-state index contributed by atoms with van der Waals surface area (Å²) < 4.78 is 0. The van der Waals surface area contributed by atoms with E-state index in [1.807, 2.05) is 0 Å². The number of hydrogen-bond donors (Lipinski definition) is 1. The van der Waals surface area contributed by atoms with Gasteiger partial charge in [0.1, 0.15) is 0 Å². The van der Waals surface area contributed by atoms with Crippen LogP contribution in [0.2, 0.25) is 0 Å². The Kier molecular flexibility index (Phi) is 4.72. The number of likely N-dealkylation sites (tertiary alicyclic amines) is 1. The third kappa shape index (κ3) is 2.54. The summed E-state index contributed by atoms with van der Waals surface area (Å²) in [6, 6.07) is 0.438. The molecule has 1 heterocycles. The molecule has 0 bridgehead atoms. The van der Waals surface area contributed by atoms with Crippen molar-refractivity contribution in [1.29, 1.82) is 0 Å². The molecule has 20 heavy (non-hydrogen) atoms. The molecule has 116 valence electrons. The first-order valence-corrected chi connectivity index (χ1v) is 9.28. The Morgan fingerprint density at radius 3 is 2.30 bits per heavy atom. The summed E-state index contributed by atoms with van der Waals surface area (Å²) in [5.74, 6) is 1.70. The lowest BCUT2D eigenvalue weighted by atomic mass is 9.68. The van der Waals surface area contributed by atoms with Crippen LogP contribution in [0, 0.1) is 11.8 Å². The molecule has 2 heteroatoms. The van der Waals surface area contributed by atoms with E-state index in [4.69, 9.17) is 5.73 Å². The smallest absolute Gasteiger partial charge is 0.0363 e.